The second-order valence-electron chi connectivity index (χ2n) is 9.13. The number of fused-ring (bicyclic) bond motifs is 1. The van der Waals surface area contributed by atoms with Gasteiger partial charge in [0.1, 0.15) is 5.69 Å². The quantitative estimate of drug-likeness (QED) is 0.418. The molecule has 3 heterocycles. The molecule has 2 amide bonds. The number of nitrogens with one attached hydrogen (secondary N) is 1. The number of hydrogen-bond donors (Lipinski definition) is 2. The van der Waals surface area contributed by atoms with Gasteiger partial charge in [-0.3, -0.25) is 14.1 Å². The van der Waals surface area contributed by atoms with Crippen LogP contribution in [0.4, 0.5) is 10.5 Å². The van der Waals surface area contributed by atoms with Gasteiger partial charge >= 0.3 is 11.7 Å². The third kappa shape index (κ3) is 3.83. The van der Waals surface area contributed by atoms with Gasteiger partial charge in [0.2, 0.25) is 5.88 Å². The molecule has 0 spiro atoms. The topological polar surface area (TPSA) is 92.4 Å². The van der Waals surface area contributed by atoms with Crippen LogP contribution < -0.4 is 11.0 Å². The minimum atomic E-state index is -0.337. The standard InChI is InChI=1S/C27H24ClN5O3/c28-20-10-5-4-9-18(20)24-21(11-6-12-29-24)30-26(35)31-13-14-32-23(16-31)25(34)33(27(32)36)22-15-19(22)17-7-2-1-3-8-17/h1-12,19,22,34H,13-16H2,(H,30,35)/t19-,22+/m1/s1. The Morgan fingerprint density at radius 1 is 1.03 bits per heavy atom. The monoisotopic (exact) mass is 501 g/mol. The molecule has 2 aliphatic rings. The van der Waals surface area contributed by atoms with Crippen molar-refractivity contribution in [3.8, 4) is 17.1 Å². The van der Waals surface area contributed by atoms with E-state index >= 15 is 0 Å². The number of amides is 2. The minimum absolute atomic E-state index is 0.0564. The first-order chi connectivity index (χ1) is 17.5. The van der Waals surface area contributed by atoms with Crippen molar-refractivity contribution in [1.82, 2.24) is 19.0 Å². The van der Waals surface area contributed by atoms with Crippen LogP contribution in [-0.2, 0) is 13.1 Å². The van der Waals surface area contributed by atoms with Gasteiger partial charge in [-0.2, -0.15) is 0 Å². The predicted octanol–water partition coefficient (Wildman–Crippen LogP) is 4.85. The van der Waals surface area contributed by atoms with Gasteiger partial charge < -0.3 is 15.3 Å². The van der Waals surface area contributed by atoms with Crippen molar-refractivity contribution < 1.29 is 9.90 Å². The molecular formula is C27H24ClN5O3. The lowest BCUT2D eigenvalue weighted by Gasteiger charge is -2.28. The van der Waals surface area contributed by atoms with E-state index in [1.54, 1.807) is 33.9 Å². The zero-order chi connectivity index (χ0) is 24.8. The van der Waals surface area contributed by atoms with Crippen molar-refractivity contribution in [1.29, 1.82) is 0 Å². The average Bonchev–Trinajstić information content (AvgIpc) is 3.65. The fourth-order valence-corrected chi connectivity index (χ4v) is 5.25. The molecule has 1 saturated carbocycles. The Balaban J connectivity index is 1.23. The van der Waals surface area contributed by atoms with Gasteiger partial charge in [-0.25, -0.2) is 9.59 Å². The first-order valence-corrected chi connectivity index (χ1v) is 12.2. The van der Waals surface area contributed by atoms with E-state index in [0.29, 0.717) is 35.2 Å². The molecule has 2 aromatic carbocycles. The molecule has 0 bridgehead atoms. The van der Waals surface area contributed by atoms with Gasteiger partial charge in [-0.1, -0.05) is 60.1 Å². The Bertz CT molecular complexity index is 1510. The fourth-order valence-electron chi connectivity index (χ4n) is 5.03. The molecular weight excluding hydrogens is 478 g/mol. The molecule has 0 unspecified atom stereocenters. The lowest BCUT2D eigenvalue weighted by atomic mass is 10.1. The number of halogens is 1. The molecule has 36 heavy (non-hydrogen) atoms. The normalized spacial score (nSPS) is 18.5. The summed E-state index contributed by atoms with van der Waals surface area (Å²) in [7, 11) is 0. The van der Waals surface area contributed by atoms with Gasteiger partial charge in [0, 0.05) is 36.8 Å². The summed E-state index contributed by atoms with van der Waals surface area (Å²) in [6.07, 6.45) is 2.45. The van der Waals surface area contributed by atoms with Crippen molar-refractivity contribution >= 4 is 23.3 Å². The van der Waals surface area contributed by atoms with Crippen molar-refractivity contribution in [2.75, 3.05) is 11.9 Å². The number of anilines is 1. The summed E-state index contributed by atoms with van der Waals surface area (Å²) in [5, 5.41) is 14.5. The molecule has 1 aliphatic heterocycles. The summed E-state index contributed by atoms with van der Waals surface area (Å²) in [4.78, 5) is 32.3. The van der Waals surface area contributed by atoms with E-state index in [4.69, 9.17) is 11.6 Å². The largest absolute Gasteiger partial charge is 0.493 e. The number of carbonyl (C=O) groups excluding carboxylic acids is 1. The SMILES string of the molecule is O=C(Nc1cccnc1-c1ccccc1Cl)N1CCn2c(c(O)n([C@H]3C[C@@H]3c3ccccc3)c2=O)C1. The lowest BCUT2D eigenvalue weighted by molar-refractivity contribution is 0.195. The molecule has 0 radical (unpaired) electrons. The highest BCUT2D eigenvalue weighted by Gasteiger charge is 2.44. The van der Waals surface area contributed by atoms with Crippen LogP contribution in [-0.4, -0.2) is 36.7 Å². The third-order valence-corrected chi connectivity index (χ3v) is 7.29. The van der Waals surface area contributed by atoms with E-state index in [0.717, 1.165) is 17.5 Å². The number of nitrogens with zero attached hydrogens (tertiary/aromatic N) is 4. The van der Waals surface area contributed by atoms with E-state index in [2.05, 4.69) is 10.3 Å². The number of benzene rings is 2. The molecule has 2 atom stereocenters. The molecule has 9 heteroatoms. The number of urea groups is 1. The molecule has 0 saturated heterocycles. The van der Waals surface area contributed by atoms with Gasteiger partial charge in [0.15, 0.2) is 0 Å². The third-order valence-electron chi connectivity index (χ3n) is 6.96. The molecule has 1 aliphatic carbocycles. The Kier molecular flexibility index (Phi) is 5.53. The van der Waals surface area contributed by atoms with Gasteiger partial charge in [0.05, 0.1) is 22.9 Å². The summed E-state index contributed by atoms with van der Waals surface area (Å²) >= 11 is 6.36. The zero-order valence-electron chi connectivity index (χ0n) is 19.3. The first-order valence-electron chi connectivity index (χ1n) is 11.9. The Morgan fingerprint density at radius 2 is 1.81 bits per heavy atom. The Hall–Kier alpha value is -4.04. The second kappa shape index (κ2) is 8.87. The van der Waals surface area contributed by atoms with E-state index in [9.17, 15) is 14.7 Å². The molecule has 6 rings (SSSR count). The van der Waals surface area contributed by atoms with Crippen molar-refractivity contribution in [2.24, 2.45) is 0 Å². The Labute approximate surface area is 212 Å². The van der Waals surface area contributed by atoms with E-state index in [1.807, 2.05) is 48.5 Å². The number of aromatic hydroxyl groups is 1. The van der Waals surface area contributed by atoms with E-state index in [1.165, 1.54) is 4.57 Å². The first kappa shape index (κ1) is 22.4. The van der Waals surface area contributed by atoms with Crippen LogP contribution in [0.1, 0.15) is 29.6 Å². The van der Waals surface area contributed by atoms with Crippen LogP contribution >= 0.6 is 11.6 Å². The number of rotatable bonds is 4. The second-order valence-corrected chi connectivity index (χ2v) is 9.53. The predicted molar refractivity (Wildman–Crippen MR) is 137 cm³/mol. The molecule has 1 fully saturated rings. The maximum atomic E-state index is 13.2. The smallest absolute Gasteiger partial charge is 0.331 e. The lowest BCUT2D eigenvalue weighted by Crippen LogP contribution is -2.42. The molecule has 8 nitrogen and oxygen atoms in total. The number of pyridine rings is 1. The van der Waals surface area contributed by atoms with Crippen LogP contribution in [0.2, 0.25) is 5.02 Å². The van der Waals surface area contributed by atoms with Crippen LogP contribution in [0.3, 0.4) is 0 Å². The zero-order valence-corrected chi connectivity index (χ0v) is 20.1. The highest BCUT2D eigenvalue weighted by atomic mass is 35.5. The van der Waals surface area contributed by atoms with Gasteiger partial charge in [0.25, 0.3) is 0 Å². The van der Waals surface area contributed by atoms with E-state index in [-0.39, 0.29) is 36.1 Å². The molecule has 182 valence electrons. The van der Waals surface area contributed by atoms with Crippen LogP contribution in [0.5, 0.6) is 5.88 Å². The van der Waals surface area contributed by atoms with Gasteiger partial charge in [-0.05, 0) is 30.2 Å². The van der Waals surface area contributed by atoms with Gasteiger partial charge in [-0.15, -0.1) is 0 Å². The average molecular weight is 502 g/mol. The molecule has 2 N–H and O–H groups in total. The van der Waals surface area contributed by atoms with E-state index < -0.39 is 0 Å². The summed E-state index contributed by atoms with van der Waals surface area (Å²) < 4.78 is 3.07. The van der Waals surface area contributed by atoms with Crippen molar-refractivity contribution in [2.45, 2.75) is 31.5 Å². The molecule has 2 aromatic heterocycles. The number of imidazole rings is 1. The van der Waals surface area contributed by atoms with Crippen LogP contribution in [0.25, 0.3) is 11.3 Å². The maximum Gasteiger partial charge on any atom is 0.331 e. The summed E-state index contributed by atoms with van der Waals surface area (Å²) in [5.41, 5.74) is 3.21. The summed E-state index contributed by atoms with van der Waals surface area (Å²) in [5.74, 6) is 0.145. The number of hydrogen-bond acceptors (Lipinski definition) is 4. The molecule has 4 aromatic rings. The van der Waals surface area contributed by atoms with Crippen molar-refractivity contribution in [3.63, 3.8) is 0 Å². The fraction of sp³-hybridized carbons (Fsp3) is 0.222. The summed E-state index contributed by atoms with van der Waals surface area (Å²) in [6, 6.07) is 20.4. The Morgan fingerprint density at radius 3 is 2.61 bits per heavy atom. The number of aromatic nitrogens is 3. The van der Waals surface area contributed by atoms with Crippen molar-refractivity contribution in [3.05, 3.63) is 99.7 Å². The highest BCUT2D eigenvalue weighted by molar-refractivity contribution is 6.33. The number of carbonyl (C=O) groups is 1. The minimum Gasteiger partial charge on any atom is -0.493 e. The summed E-state index contributed by atoms with van der Waals surface area (Å²) in [6.45, 7) is 0.788. The highest BCUT2D eigenvalue weighted by Crippen LogP contribution is 2.52. The van der Waals surface area contributed by atoms with Crippen LogP contribution in [0.15, 0.2) is 77.7 Å². The maximum absolute atomic E-state index is 13.2. The van der Waals surface area contributed by atoms with Crippen LogP contribution in [0, 0.1) is 0 Å².